The normalized spacial score (nSPS) is 28.7. The van der Waals surface area contributed by atoms with Crippen LogP contribution >= 0.6 is 24.8 Å². The van der Waals surface area contributed by atoms with Gasteiger partial charge < -0.3 is 14.9 Å². The Bertz CT molecular complexity index is 353. The van der Waals surface area contributed by atoms with Crippen molar-refractivity contribution in [3.05, 3.63) is 0 Å². The van der Waals surface area contributed by atoms with Crippen molar-refractivity contribution in [2.45, 2.75) is 52.2 Å². The van der Waals surface area contributed by atoms with Gasteiger partial charge in [-0.15, -0.1) is 24.8 Å². The maximum Gasteiger partial charge on any atom is 0.0900 e. The maximum atomic E-state index is 10.3. The van der Waals surface area contributed by atoms with E-state index in [0.29, 0.717) is 30.6 Å². The Morgan fingerprint density at radius 2 is 1.68 bits per heavy atom. The van der Waals surface area contributed by atoms with Gasteiger partial charge in [-0.05, 0) is 30.6 Å². The molecule has 1 saturated carbocycles. The summed E-state index contributed by atoms with van der Waals surface area (Å²) >= 11 is 0. The highest BCUT2D eigenvalue weighted by Crippen LogP contribution is 2.39. The van der Waals surface area contributed by atoms with Crippen LogP contribution in [0.2, 0.25) is 0 Å². The van der Waals surface area contributed by atoms with Gasteiger partial charge >= 0.3 is 0 Å². The largest absolute Gasteiger partial charge is 0.395 e. The predicted octanol–water partition coefficient (Wildman–Crippen LogP) is 2.03. The SMILES string of the molecule is CC1CC(OCC(O)CN2CCN(CCO)CC2)CC(C)(C)C1.Cl.Cl. The Kier molecular flexibility index (Phi) is 12.1. The first-order valence-corrected chi connectivity index (χ1v) is 9.23. The average Bonchev–Trinajstić information content (AvgIpc) is 2.45. The Hall–Kier alpha value is 0.380. The first-order chi connectivity index (χ1) is 10.9. The van der Waals surface area contributed by atoms with Crippen LogP contribution in [0.25, 0.3) is 0 Å². The Morgan fingerprint density at radius 3 is 2.24 bits per heavy atom. The molecule has 25 heavy (non-hydrogen) atoms. The fourth-order valence-corrected chi connectivity index (χ4v) is 4.32. The molecular formula is C18H38Cl2N2O3. The third-order valence-corrected chi connectivity index (χ3v) is 5.22. The van der Waals surface area contributed by atoms with Crippen LogP contribution in [-0.4, -0.2) is 84.7 Å². The molecule has 3 unspecified atom stereocenters. The van der Waals surface area contributed by atoms with Crippen LogP contribution in [0.5, 0.6) is 0 Å². The Labute approximate surface area is 165 Å². The van der Waals surface area contributed by atoms with Crippen LogP contribution in [0.1, 0.15) is 40.0 Å². The van der Waals surface area contributed by atoms with Crippen molar-refractivity contribution in [3.63, 3.8) is 0 Å². The van der Waals surface area contributed by atoms with Gasteiger partial charge in [-0.3, -0.25) is 9.80 Å². The van der Waals surface area contributed by atoms with Crippen molar-refractivity contribution in [2.75, 3.05) is 52.5 Å². The Morgan fingerprint density at radius 1 is 1.08 bits per heavy atom. The van der Waals surface area contributed by atoms with Gasteiger partial charge in [0, 0.05) is 39.3 Å². The third kappa shape index (κ3) is 9.23. The van der Waals surface area contributed by atoms with Crippen molar-refractivity contribution in [2.24, 2.45) is 11.3 Å². The van der Waals surface area contributed by atoms with Gasteiger partial charge in [0.05, 0.1) is 25.4 Å². The summed E-state index contributed by atoms with van der Waals surface area (Å²) in [4.78, 5) is 4.57. The molecule has 152 valence electrons. The number of hydrogen-bond acceptors (Lipinski definition) is 5. The fourth-order valence-electron chi connectivity index (χ4n) is 4.32. The molecule has 0 amide bonds. The smallest absolute Gasteiger partial charge is 0.0900 e. The minimum atomic E-state index is -0.403. The van der Waals surface area contributed by atoms with E-state index in [0.717, 1.165) is 45.6 Å². The van der Waals surface area contributed by atoms with Crippen molar-refractivity contribution in [1.82, 2.24) is 9.80 Å². The molecule has 0 bridgehead atoms. The van der Waals surface area contributed by atoms with Crippen molar-refractivity contribution in [3.8, 4) is 0 Å². The number of aliphatic hydroxyl groups excluding tert-OH is 2. The summed E-state index contributed by atoms with van der Waals surface area (Å²) in [6, 6.07) is 0. The number of β-amino-alcohol motifs (C(OH)–C–C–N with tert-alkyl or cyclic N) is 2. The number of ether oxygens (including phenoxy) is 1. The molecule has 0 aromatic heterocycles. The lowest BCUT2D eigenvalue weighted by Gasteiger charge is -2.39. The first-order valence-electron chi connectivity index (χ1n) is 9.23. The number of halogens is 2. The molecule has 0 aromatic carbocycles. The van der Waals surface area contributed by atoms with Crippen LogP contribution in [-0.2, 0) is 4.74 Å². The fraction of sp³-hybridized carbons (Fsp3) is 1.00. The van der Waals surface area contributed by atoms with Gasteiger partial charge in [-0.2, -0.15) is 0 Å². The highest BCUT2D eigenvalue weighted by atomic mass is 35.5. The first kappa shape index (κ1) is 25.4. The van der Waals surface area contributed by atoms with E-state index in [4.69, 9.17) is 9.84 Å². The van der Waals surface area contributed by atoms with Gasteiger partial charge in [-0.25, -0.2) is 0 Å². The average molecular weight is 401 g/mol. The van der Waals surface area contributed by atoms with Gasteiger partial charge in [-0.1, -0.05) is 20.8 Å². The van der Waals surface area contributed by atoms with Gasteiger partial charge in [0.2, 0.25) is 0 Å². The molecule has 0 radical (unpaired) electrons. The van der Waals surface area contributed by atoms with Crippen molar-refractivity contribution >= 4 is 24.8 Å². The zero-order chi connectivity index (χ0) is 16.9. The van der Waals surface area contributed by atoms with E-state index in [1.54, 1.807) is 0 Å². The van der Waals surface area contributed by atoms with E-state index in [9.17, 15) is 5.11 Å². The molecule has 0 spiro atoms. The van der Waals surface area contributed by atoms with Gasteiger partial charge in [0.1, 0.15) is 0 Å². The molecule has 1 saturated heterocycles. The van der Waals surface area contributed by atoms with Crippen LogP contribution in [0.3, 0.4) is 0 Å². The summed E-state index contributed by atoms with van der Waals surface area (Å²) in [6.45, 7) is 13.0. The molecule has 2 aliphatic rings. The molecule has 1 aliphatic heterocycles. The molecule has 5 nitrogen and oxygen atoms in total. The van der Waals surface area contributed by atoms with E-state index >= 15 is 0 Å². The third-order valence-electron chi connectivity index (χ3n) is 5.22. The lowest BCUT2D eigenvalue weighted by molar-refractivity contribution is -0.0634. The van der Waals surface area contributed by atoms with E-state index in [1.807, 2.05) is 0 Å². The lowest BCUT2D eigenvalue weighted by atomic mass is 9.71. The predicted molar refractivity (Wildman–Crippen MR) is 107 cm³/mol. The summed E-state index contributed by atoms with van der Waals surface area (Å²) in [5, 5.41) is 19.2. The quantitative estimate of drug-likeness (QED) is 0.684. The highest BCUT2D eigenvalue weighted by Gasteiger charge is 2.32. The number of rotatable bonds is 7. The maximum absolute atomic E-state index is 10.3. The Balaban J connectivity index is 0.00000288. The van der Waals surface area contributed by atoms with Crippen molar-refractivity contribution in [1.29, 1.82) is 0 Å². The van der Waals surface area contributed by atoms with Crippen LogP contribution in [0.15, 0.2) is 0 Å². The molecule has 1 heterocycles. The molecule has 7 heteroatoms. The summed E-state index contributed by atoms with van der Waals surface area (Å²) in [5.41, 5.74) is 0.357. The van der Waals surface area contributed by atoms with E-state index < -0.39 is 6.10 Å². The molecule has 0 aromatic rings. The lowest BCUT2D eigenvalue weighted by Crippen LogP contribution is -2.49. The zero-order valence-electron chi connectivity index (χ0n) is 16.0. The highest BCUT2D eigenvalue weighted by molar-refractivity contribution is 5.85. The molecule has 2 rings (SSSR count). The summed E-state index contributed by atoms with van der Waals surface area (Å²) in [5.74, 6) is 0.709. The number of hydrogen-bond donors (Lipinski definition) is 2. The second-order valence-electron chi connectivity index (χ2n) is 8.39. The van der Waals surface area contributed by atoms with E-state index in [1.165, 1.54) is 6.42 Å². The number of nitrogens with zero attached hydrogens (tertiary/aromatic N) is 2. The molecule has 3 atom stereocenters. The number of piperazine rings is 1. The molecule has 2 N–H and O–H groups in total. The van der Waals surface area contributed by atoms with Crippen LogP contribution in [0, 0.1) is 11.3 Å². The van der Waals surface area contributed by atoms with Crippen molar-refractivity contribution < 1.29 is 14.9 Å². The number of aliphatic hydroxyl groups is 2. The van der Waals surface area contributed by atoms with Crippen LogP contribution < -0.4 is 0 Å². The van der Waals surface area contributed by atoms with Gasteiger partial charge in [0.15, 0.2) is 0 Å². The molecular weight excluding hydrogens is 363 g/mol. The standard InChI is InChI=1S/C18H36N2O3.2ClH/c1-15-10-17(12-18(2,3)11-15)23-14-16(22)13-20-6-4-19(5-7-20)8-9-21;;/h15-17,21-22H,4-14H2,1-3H3;2*1H. The van der Waals surface area contributed by atoms with E-state index in [-0.39, 0.29) is 31.4 Å². The summed E-state index contributed by atoms with van der Waals surface area (Å²) in [6.07, 6.45) is 3.39. The van der Waals surface area contributed by atoms with E-state index in [2.05, 4.69) is 30.6 Å². The van der Waals surface area contributed by atoms with Gasteiger partial charge in [0.25, 0.3) is 0 Å². The van der Waals surface area contributed by atoms with Crippen LogP contribution in [0.4, 0.5) is 0 Å². The molecule has 2 fully saturated rings. The summed E-state index contributed by atoms with van der Waals surface area (Å²) in [7, 11) is 0. The molecule has 1 aliphatic carbocycles. The summed E-state index contributed by atoms with van der Waals surface area (Å²) < 4.78 is 6.03. The zero-order valence-corrected chi connectivity index (χ0v) is 17.7. The minimum Gasteiger partial charge on any atom is -0.395 e. The second kappa shape index (κ2) is 12.0. The minimum absolute atomic E-state index is 0. The topological polar surface area (TPSA) is 56.2 Å². The second-order valence-corrected chi connectivity index (χ2v) is 8.39. The monoisotopic (exact) mass is 400 g/mol.